The Bertz CT molecular complexity index is 1110. The number of aromatic nitrogens is 2. The molecule has 1 aliphatic rings. The van der Waals surface area contributed by atoms with E-state index < -0.39 is 11.9 Å². The Kier molecular flexibility index (Phi) is 6.74. The van der Waals surface area contributed by atoms with Gasteiger partial charge in [0.1, 0.15) is 22.7 Å². The van der Waals surface area contributed by atoms with Crippen molar-refractivity contribution in [2.45, 2.75) is 51.1 Å². The van der Waals surface area contributed by atoms with Gasteiger partial charge in [0, 0.05) is 17.8 Å². The summed E-state index contributed by atoms with van der Waals surface area (Å²) in [5, 5.41) is 7.03. The number of H-pyrrole nitrogens is 1. The molecule has 0 bridgehead atoms. The van der Waals surface area contributed by atoms with Crippen LogP contribution in [0.5, 0.6) is 0 Å². The Morgan fingerprint density at radius 3 is 2.62 bits per heavy atom. The van der Waals surface area contributed by atoms with Gasteiger partial charge >= 0.3 is 0 Å². The summed E-state index contributed by atoms with van der Waals surface area (Å²) in [5.41, 5.74) is 1.75. The summed E-state index contributed by atoms with van der Waals surface area (Å²) >= 11 is 5.93. The number of pyridine rings is 1. The van der Waals surface area contributed by atoms with Crippen LogP contribution in [0.15, 0.2) is 42.6 Å². The number of hydrogen-bond donors (Lipinski definition) is 3. The summed E-state index contributed by atoms with van der Waals surface area (Å²) in [4.78, 5) is 33.1. The van der Waals surface area contributed by atoms with E-state index in [0.717, 1.165) is 36.6 Å². The molecule has 2 heterocycles. The molecule has 0 spiro atoms. The van der Waals surface area contributed by atoms with Crippen molar-refractivity contribution in [1.29, 1.82) is 0 Å². The summed E-state index contributed by atoms with van der Waals surface area (Å²) in [6.45, 7) is 2.22. The first-order chi connectivity index (χ1) is 15.4. The fourth-order valence-electron chi connectivity index (χ4n) is 4.13. The molecule has 4 rings (SSSR count). The Morgan fingerprint density at radius 2 is 1.91 bits per heavy atom. The van der Waals surface area contributed by atoms with E-state index in [1.807, 2.05) is 0 Å². The van der Waals surface area contributed by atoms with Crippen LogP contribution < -0.4 is 10.6 Å². The van der Waals surface area contributed by atoms with Crippen molar-refractivity contribution in [3.05, 3.63) is 64.8 Å². The van der Waals surface area contributed by atoms with Gasteiger partial charge in [-0.3, -0.25) is 9.59 Å². The van der Waals surface area contributed by atoms with E-state index in [1.54, 1.807) is 30.5 Å². The van der Waals surface area contributed by atoms with Crippen LogP contribution >= 0.6 is 11.6 Å². The molecule has 1 aromatic carbocycles. The topological polar surface area (TPSA) is 86.9 Å². The summed E-state index contributed by atoms with van der Waals surface area (Å²) in [7, 11) is 0. The quantitative estimate of drug-likeness (QED) is 0.481. The number of nitrogens with one attached hydrogen (secondary N) is 3. The highest BCUT2D eigenvalue weighted by molar-refractivity contribution is 6.30. The number of carbonyl (C=O) groups excluding carboxylic acids is 2. The van der Waals surface area contributed by atoms with Gasteiger partial charge in [-0.25, -0.2) is 9.37 Å². The van der Waals surface area contributed by atoms with Gasteiger partial charge in [0.15, 0.2) is 0 Å². The first kappa shape index (κ1) is 22.3. The van der Waals surface area contributed by atoms with Crippen LogP contribution in [-0.4, -0.2) is 33.9 Å². The van der Waals surface area contributed by atoms with E-state index in [4.69, 9.17) is 11.6 Å². The molecule has 1 atom stereocenters. The van der Waals surface area contributed by atoms with Crippen LogP contribution in [0, 0.1) is 11.7 Å². The second kappa shape index (κ2) is 9.69. The number of hydrogen-bond acceptors (Lipinski definition) is 3. The number of carbonyl (C=O) groups is 2. The minimum Gasteiger partial charge on any atom is -0.352 e. The second-order valence-electron chi connectivity index (χ2n) is 8.60. The number of rotatable bonds is 6. The van der Waals surface area contributed by atoms with E-state index in [0.29, 0.717) is 22.3 Å². The summed E-state index contributed by atoms with van der Waals surface area (Å²) in [6, 6.07) is 8.60. The third-order valence-electron chi connectivity index (χ3n) is 6.05. The van der Waals surface area contributed by atoms with Crippen LogP contribution in [0.1, 0.15) is 48.7 Å². The minimum absolute atomic E-state index is 0.104. The standard InChI is InChI=1S/C24H26ClFN4O2/c1-14-2-8-18(9-3-14)28-23(31)19(10-15-4-6-17(26)7-5-15)30-24(32)20-11-16-12-22(25)27-13-21(16)29-20/h4-7,11-14,18-19,29H,2-3,8-10H2,1H3,(H,28,31)(H,30,32)/t14?,18?,19-/m0/s1. The number of nitrogens with zero attached hydrogens (tertiary/aromatic N) is 1. The van der Waals surface area contributed by atoms with Gasteiger partial charge < -0.3 is 15.6 Å². The molecule has 0 radical (unpaired) electrons. The fraction of sp³-hybridized carbons (Fsp3) is 0.375. The van der Waals surface area contributed by atoms with E-state index >= 15 is 0 Å². The third-order valence-corrected chi connectivity index (χ3v) is 6.26. The van der Waals surface area contributed by atoms with Crippen LogP contribution in [0.25, 0.3) is 10.9 Å². The zero-order valence-electron chi connectivity index (χ0n) is 17.8. The van der Waals surface area contributed by atoms with Crippen LogP contribution in [0.4, 0.5) is 4.39 Å². The highest BCUT2D eigenvalue weighted by Crippen LogP contribution is 2.23. The SMILES string of the molecule is CC1CCC(NC(=O)[C@H](Cc2ccc(F)cc2)NC(=O)c2cc3cc(Cl)ncc3[nH]2)CC1. The number of amides is 2. The molecule has 1 aliphatic carbocycles. The number of aromatic amines is 1. The lowest BCUT2D eigenvalue weighted by Crippen LogP contribution is -2.51. The molecule has 32 heavy (non-hydrogen) atoms. The lowest BCUT2D eigenvalue weighted by Gasteiger charge is -2.29. The summed E-state index contributed by atoms with van der Waals surface area (Å²) in [5.74, 6) is -0.316. The van der Waals surface area contributed by atoms with Crippen molar-refractivity contribution >= 4 is 34.3 Å². The van der Waals surface area contributed by atoms with Crippen molar-refractivity contribution in [2.24, 2.45) is 5.92 Å². The minimum atomic E-state index is -0.791. The monoisotopic (exact) mass is 456 g/mol. The predicted molar refractivity (Wildman–Crippen MR) is 122 cm³/mol. The van der Waals surface area contributed by atoms with Gasteiger partial charge in [0.25, 0.3) is 5.91 Å². The first-order valence-corrected chi connectivity index (χ1v) is 11.2. The maximum absolute atomic E-state index is 13.3. The zero-order valence-corrected chi connectivity index (χ0v) is 18.6. The van der Waals surface area contributed by atoms with Crippen molar-refractivity contribution in [1.82, 2.24) is 20.6 Å². The normalized spacial score (nSPS) is 19.5. The van der Waals surface area contributed by atoms with Crippen molar-refractivity contribution in [2.75, 3.05) is 0 Å². The second-order valence-corrected chi connectivity index (χ2v) is 8.99. The Balaban J connectivity index is 1.50. The van der Waals surface area contributed by atoms with Crippen molar-refractivity contribution < 1.29 is 14.0 Å². The van der Waals surface area contributed by atoms with Crippen LogP contribution in [-0.2, 0) is 11.2 Å². The Morgan fingerprint density at radius 1 is 1.19 bits per heavy atom. The van der Waals surface area contributed by atoms with Gasteiger partial charge in [-0.05, 0) is 61.4 Å². The number of halogens is 2. The van der Waals surface area contributed by atoms with Gasteiger partial charge in [-0.2, -0.15) is 0 Å². The molecule has 2 amide bonds. The zero-order chi connectivity index (χ0) is 22.7. The molecule has 2 aromatic heterocycles. The first-order valence-electron chi connectivity index (χ1n) is 10.9. The van der Waals surface area contributed by atoms with Crippen LogP contribution in [0.3, 0.4) is 0 Å². The molecule has 1 saturated carbocycles. The average molecular weight is 457 g/mol. The molecule has 8 heteroatoms. The predicted octanol–water partition coefficient (Wildman–Crippen LogP) is 4.39. The fourth-order valence-corrected chi connectivity index (χ4v) is 4.30. The summed E-state index contributed by atoms with van der Waals surface area (Å²) in [6.07, 6.45) is 5.83. The molecule has 0 saturated heterocycles. The molecular formula is C24H26ClFN4O2. The molecule has 3 N–H and O–H groups in total. The van der Waals surface area contributed by atoms with E-state index in [2.05, 4.69) is 27.5 Å². The molecule has 0 aliphatic heterocycles. The molecule has 0 unspecified atom stereocenters. The third kappa shape index (κ3) is 5.46. The Labute approximate surface area is 190 Å². The molecule has 168 valence electrons. The largest absolute Gasteiger partial charge is 0.352 e. The molecule has 1 fully saturated rings. The highest BCUT2D eigenvalue weighted by atomic mass is 35.5. The lowest BCUT2D eigenvalue weighted by molar-refractivity contribution is -0.123. The van der Waals surface area contributed by atoms with Crippen LogP contribution in [0.2, 0.25) is 5.15 Å². The van der Waals surface area contributed by atoms with Gasteiger partial charge in [0.05, 0.1) is 11.7 Å². The van der Waals surface area contributed by atoms with Gasteiger partial charge in [0.2, 0.25) is 5.91 Å². The Hall–Kier alpha value is -2.93. The maximum Gasteiger partial charge on any atom is 0.268 e. The van der Waals surface area contributed by atoms with Crippen molar-refractivity contribution in [3.8, 4) is 0 Å². The lowest BCUT2D eigenvalue weighted by atomic mass is 9.87. The van der Waals surface area contributed by atoms with E-state index in [-0.39, 0.29) is 24.2 Å². The van der Waals surface area contributed by atoms with Gasteiger partial charge in [-0.1, -0.05) is 30.7 Å². The van der Waals surface area contributed by atoms with Gasteiger partial charge in [-0.15, -0.1) is 0 Å². The van der Waals surface area contributed by atoms with Crippen molar-refractivity contribution in [3.63, 3.8) is 0 Å². The van der Waals surface area contributed by atoms with E-state index in [9.17, 15) is 14.0 Å². The smallest absolute Gasteiger partial charge is 0.268 e. The van der Waals surface area contributed by atoms with E-state index in [1.165, 1.54) is 12.1 Å². The summed E-state index contributed by atoms with van der Waals surface area (Å²) < 4.78 is 13.3. The molecular weight excluding hydrogens is 431 g/mol. The molecule has 3 aromatic rings. The average Bonchev–Trinajstić information content (AvgIpc) is 3.19. The highest BCUT2D eigenvalue weighted by Gasteiger charge is 2.26. The number of benzene rings is 1. The number of fused-ring (bicyclic) bond motifs is 1. The molecule has 6 nitrogen and oxygen atoms in total. The maximum atomic E-state index is 13.3.